The van der Waals surface area contributed by atoms with Crippen molar-refractivity contribution in [3.05, 3.63) is 52.9 Å². The van der Waals surface area contributed by atoms with Gasteiger partial charge in [-0.1, -0.05) is 19.9 Å². The number of hydrogen-bond acceptors (Lipinski definition) is 8. The molecule has 4 rings (SSSR count). The van der Waals surface area contributed by atoms with Gasteiger partial charge in [0.2, 0.25) is 5.95 Å². The van der Waals surface area contributed by atoms with Gasteiger partial charge in [-0.15, -0.1) is 11.3 Å². The van der Waals surface area contributed by atoms with Crippen molar-refractivity contribution in [2.45, 2.75) is 66.1 Å². The van der Waals surface area contributed by atoms with Crippen molar-refractivity contribution in [2.75, 3.05) is 5.32 Å². The molecule has 0 aliphatic heterocycles. The van der Waals surface area contributed by atoms with Gasteiger partial charge in [-0.25, -0.2) is 15.0 Å². The molecule has 7 nitrogen and oxygen atoms in total. The third-order valence-electron chi connectivity index (χ3n) is 6.49. The lowest BCUT2D eigenvalue weighted by molar-refractivity contribution is -0.163. The highest BCUT2D eigenvalue weighted by Crippen LogP contribution is 2.48. The number of thiazole rings is 1. The smallest absolute Gasteiger partial charge is 0.309 e. The molecule has 1 aliphatic carbocycles. The molecule has 2 N–H and O–H groups in total. The summed E-state index contributed by atoms with van der Waals surface area (Å²) in [4.78, 5) is 27.0. The fourth-order valence-electron chi connectivity index (χ4n) is 5.17. The van der Waals surface area contributed by atoms with Crippen molar-refractivity contribution in [1.82, 2.24) is 15.0 Å². The summed E-state index contributed by atoms with van der Waals surface area (Å²) in [6, 6.07) is 8.06. The minimum absolute atomic E-state index is 0.00792. The van der Waals surface area contributed by atoms with Crippen LogP contribution in [0, 0.1) is 31.6 Å². The Balaban J connectivity index is 1.55. The van der Waals surface area contributed by atoms with Gasteiger partial charge in [-0.2, -0.15) is 0 Å². The number of hydrogen-bond donors (Lipinski definition) is 2. The molecule has 0 bridgehead atoms. The molecule has 4 atom stereocenters. The average Bonchev–Trinajstić information content (AvgIpc) is 3.23. The lowest BCUT2D eigenvalue weighted by atomic mass is 9.67. The molecule has 0 saturated heterocycles. The Morgan fingerprint density at radius 1 is 1.17 bits per heavy atom. The third-order valence-corrected chi connectivity index (χ3v) is 7.73. The standard InChI is InChI=1S/C27H34N4O3S/c1-15(2)34-24(32)23-17(4)12-27(33,13-18(23)5)25-29-14-22(35-25)20-9-16(3)10-21(11-20)31-26-28-8-7-19(6)30-26/h7-11,14-15,17-18,23,33H,12-13H2,1-6H3,(H,28,30,31)/t17-,18+,23?,27?. The van der Waals surface area contributed by atoms with Gasteiger partial charge in [0.15, 0.2) is 0 Å². The number of aliphatic hydroxyl groups is 1. The molecule has 8 heteroatoms. The number of anilines is 2. The first-order valence-corrected chi connectivity index (χ1v) is 12.9. The molecule has 0 spiro atoms. The van der Waals surface area contributed by atoms with Gasteiger partial charge in [-0.3, -0.25) is 4.79 Å². The Bertz CT molecular complexity index is 1200. The average molecular weight is 495 g/mol. The number of carbonyl (C=O) groups excluding carboxylic acids is 1. The molecule has 1 saturated carbocycles. The highest BCUT2D eigenvalue weighted by Gasteiger charge is 2.47. The van der Waals surface area contributed by atoms with E-state index in [9.17, 15) is 9.90 Å². The molecule has 35 heavy (non-hydrogen) atoms. The van der Waals surface area contributed by atoms with Crippen LogP contribution in [-0.4, -0.2) is 32.1 Å². The SMILES string of the molecule is Cc1cc(Nc2nccc(C)n2)cc(-c2cnc(C3(O)C[C@@H](C)C(C(=O)OC(C)C)[C@@H](C)C3)s2)c1. The quantitative estimate of drug-likeness (QED) is 0.419. The summed E-state index contributed by atoms with van der Waals surface area (Å²) in [5.41, 5.74) is 2.84. The van der Waals surface area contributed by atoms with Crippen molar-refractivity contribution in [2.24, 2.45) is 17.8 Å². The lowest BCUT2D eigenvalue weighted by Crippen LogP contribution is -2.44. The number of rotatable bonds is 6. The maximum atomic E-state index is 12.6. The van der Waals surface area contributed by atoms with Crippen molar-refractivity contribution in [3.63, 3.8) is 0 Å². The first-order chi connectivity index (χ1) is 16.5. The maximum absolute atomic E-state index is 12.6. The number of aryl methyl sites for hydroxylation is 2. The van der Waals surface area contributed by atoms with Crippen molar-refractivity contribution in [1.29, 1.82) is 0 Å². The van der Waals surface area contributed by atoms with Gasteiger partial charge in [0.05, 0.1) is 16.9 Å². The molecule has 186 valence electrons. The first kappa shape index (κ1) is 25.3. The summed E-state index contributed by atoms with van der Waals surface area (Å²) >= 11 is 1.51. The van der Waals surface area contributed by atoms with Crippen LogP contribution in [0.5, 0.6) is 0 Å². The maximum Gasteiger partial charge on any atom is 0.309 e. The summed E-state index contributed by atoms with van der Waals surface area (Å²) in [5, 5.41) is 15.6. The van der Waals surface area contributed by atoms with E-state index < -0.39 is 5.60 Å². The number of ether oxygens (including phenoxy) is 1. The largest absolute Gasteiger partial charge is 0.463 e. The molecule has 3 aromatic rings. The third kappa shape index (κ3) is 5.70. The van der Waals surface area contributed by atoms with Crippen LogP contribution in [0.15, 0.2) is 36.7 Å². The van der Waals surface area contributed by atoms with Crippen LogP contribution in [0.2, 0.25) is 0 Å². The number of nitrogens with zero attached hydrogens (tertiary/aromatic N) is 3. The summed E-state index contributed by atoms with van der Waals surface area (Å²) in [6.07, 6.45) is 4.38. The molecule has 2 aromatic heterocycles. The van der Waals surface area contributed by atoms with Crippen molar-refractivity contribution < 1.29 is 14.6 Å². The van der Waals surface area contributed by atoms with Crippen LogP contribution in [0.4, 0.5) is 11.6 Å². The van der Waals surface area contributed by atoms with Gasteiger partial charge >= 0.3 is 5.97 Å². The van der Waals surface area contributed by atoms with E-state index in [4.69, 9.17) is 4.74 Å². The van der Waals surface area contributed by atoms with Gasteiger partial charge in [0.25, 0.3) is 0 Å². The van der Waals surface area contributed by atoms with E-state index in [2.05, 4.69) is 26.3 Å². The Morgan fingerprint density at radius 3 is 2.54 bits per heavy atom. The topological polar surface area (TPSA) is 97.2 Å². The van der Waals surface area contributed by atoms with E-state index in [1.807, 2.05) is 65.9 Å². The van der Waals surface area contributed by atoms with Crippen LogP contribution in [0.25, 0.3) is 10.4 Å². The summed E-state index contributed by atoms with van der Waals surface area (Å²) in [6.45, 7) is 11.7. The zero-order chi connectivity index (χ0) is 25.3. The Labute approximate surface area is 211 Å². The number of esters is 1. The molecule has 2 unspecified atom stereocenters. The molecule has 1 aliphatic rings. The second-order valence-electron chi connectivity index (χ2n) is 10.2. The second kappa shape index (κ2) is 10.0. The molecule has 0 radical (unpaired) electrons. The predicted molar refractivity (Wildman–Crippen MR) is 139 cm³/mol. The monoisotopic (exact) mass is 494 g/mol. The number of nitrogens with one attached hydrogen (secondary N) is 1. The van der Waals surface area contributed by atoms with Crippen LogP contribution in [0.3, 0.4) is 0 Å². The number of aromatic nitrogens is 3. The fraction of sp³-hybridized carbons (Fsp3) is 0.481. The minimum Gasteiger partial charge on any atom is -0.463 e. The van der Waals surface area contributed by atoms with Crippen molar-refractivity contribution in [3.8, 4) is 10.4 Å². The normalized spacial score (nSPS) is 24.4. The van der Waals surface area contributed by atoms with E-state index in [1.54, 1.807) is 6.20 Å². The van der Waals surface area contributed by atoms with E-state index in [1.165, 1.54) is 11.3 Å². The number of carbonyl (C=O) groups is 1. The van der Waals surface area contributed by atoms with Crippen molar-refractivity contribution >= 4 is 28.9 Å². The van der Waals surface area contributed by atoms with Crippen LogP contribution < -0.4 is 5.32 Å². The van der Waals surface area contributed by atoms with Gasteiger partial charge < -0.3 is 15.2 Å². The summed E-state index contributed by atoms with van der Waals surface area (Å²) in [5.74, 6) is 0.153. The Kier molecular flexibility index (Phi) is 7.24. The second-order valence-corrected chi connectivity index (χ2v) is 11.2. The lowest BCUT2D eigenvalue weighted by Gasteiger charge is -2.42. The minimum atomic E-state index is -1.06. The van der Waals surface area contributed by atoms with E-state index >= 15 is 0 Å². The van der Waals surface area contributed by atoms with Crippen LogP contribution in [-0.2, 0) is 15.1 Å². The van der Waals surface area contributed by atoms with E-state index in [0.717, 1.165) is 27.4 Å². The first-order valence-electron chi connectivity index (χ1n) is 12.1. The molecule has 1 aromatic carbocycles. The van der Waals surface area contributed by atoms with Gasteiger partial charge in [0.1, 0.15) is 10.6 Å². The fourth-order valence-corrected chi connectivity index (χ4v) is 6.18. The molecule has 1 fully saturated rings. The van der Waals surface area contributed by atoms with E-state index in [-0.39, 0.29) is 29.8 Å². The van der Waals surface area contributed by atoms with Gasteiger partial charge in [0, 0.05) is 23.8 Å². The molecule has 2 heterocycles. The predicted octanol–water partition coefficient (Wildman–Crippen LogP) is 5.78. The number of benzene rings is 1. The Hall–Kier alpha value is -2.84. The Morgan fingerprint density at radius 2 is 1.89 bits per heavy atom. The molecular formula is C27H34N4O3S. The van der Waals surface area contributed by atoms with Crippen LogP contribution >= 0.6 is 11.3 Å². The molecular weight excluding hydrogens is 460 g/mol. The zero-order valence-electron chi connectivity index (χ0n) is 21.2. The zero-order valence-corrected chi connectivity index (χ0v) is 22.0. The molecule has 0 amide bonds. The van der Waals surface area contributed by atoms with Crippen LogP contribution in [0.1, 0.15) is 56.8 Å². The summed E-state index contributed by atoms with van der Waals surface area (Å²) < 4.78 is 5.49. The van der Waals surface area contributed by atoms with Gasteiger partial charge in [-0.05, 0) is 81.7 Å². The highest BCUT2D eigenvalue weighted by molar-refractivity contribution is 7.15. The summed E-state index contributed by atoms with van der Waals surface area (Å²) in [7, 11) is 0. The van der Waals surface area contributed by atoms with E-state index in [0.29, 0.717) is 23.8 Å². The highest BCUT2D eigenvalue weighted by atomic mass is 32.1.